The highest BCUT2D eigenvalue weighted by atomic mass is 14.7. The van der Waals surface area contributed by atoms with Crippen LogP contribution in [0, 0.1) is 5.41 Å². The van der Waals surface area contributed by atoms with Crippen LogP contribution in [0.15, 0.2) is 4.99 Å². The SMILES string of the molecule is CC(N)CCN=C=N. The standard InChI is InChI=1S/C5H11N3/c1-5(7)2-3-8-4-6/h5-6H,2-3,7H2,1H3. The maximum Gasteiger partial charge on any atom is 0.0861 e. The van der Waals surface area contributed by atoms with Crippen molar-refractivity contribution in [2.24, 2.45) is 10.7 Å². The maximum atomic E-state index is 6.39. The van der Waals surface area contributed by atoms with Gasteiger partial charge in [-0.05, 0) is 13.3 Å². The minimum atomic E-state index is 0.187. The highest BCUT2D eigenvalue weighted by Crippen LogP contribution is 1.83. The molecule has 1 unspecified atom stereocenters. The second-order valence-corrected chi connectivity index (χ2v) is 1.76. The van der Waals surface area contributed by atoms with Gasteiger partial charge in [-0.15, -0.1) is 0 Å². The van der Waals surface area contributed by atoms with Gasteiger partial charge in [-0.2, -0.15) is 0 Å². The Morgan fingerprint density at radius 1 is 1.88 bits per heavy atom. The molecule has 8 heavy (non-hydrogen) atoms. The first-order chi connectivity index (χ1) is 3.77. The summed E-state index contributed by atoms with van der Waals surface area (Å²) in [5.74, 6) is 0. The molecule has 0 aromatic carbocycles. The van der Waals surface area contributed by atoms with E-state index in [1.54, 1.807) is 0 Å². The van der Waals surface area contributed by atoms with Gasteiger partial charge in [0, 0.05) is 6.04 Å². The lowest BCUT2D eigenvalue weighted by Gasteiger charge is -1.96. The first-order valence-corrected chi connectivity index (χ1v) is 2.61. The lowest BCUT2D eigenvalue weighted by atomic mass is 10.3. The van der Waals surface area contributed by atoms with Crippen molar-refractivity contribution in [3.63, 3.8) is 0 Å². The Morgan fingerprint density at radius 3 is 2.88 bits per heavy atom. The lowest BCUT2D eigenvalue weighted by molar-refractivity contribution is 0.678. The molecule has 0 amide bonds. The Kier molecular flexibility index (Phi) is 4.13. The molecule has 0 saturated carbocycles. The molecule has 0 fully saturated rings. The van der Waals surface area contributed by atoms with E-state index in [0.29, 0.717) is 6.54 Å². The molecule has 0 aromatic rings. The normalized spacial score (nSPS) is 12.2. The fourth-order valence-corrected chi connectivity index (χ4v) is 0.324. The van der Waals surface area contributed by atoms with Gasteiger partial charge in [-0.3, -0.25) is 0 Å². The van der Waals surface area contributed by atoms with E-state index in [2.05, 4.69) is 4.99 Å². The molecule has 0 bridgehead atoms. The van der Waals surface area contributed by atoms with Crippen LogP contribution >= 0.6 is 0 Å². The van der Waals surface area contributed by atoms with Gasteiger partial charge in [0.05, 0.1) is 12.6 Å². The molecule has 0 radical (unpaired) electrons. The third kappa shape index (κ3) is 5.34. The van der Waals surface area contributed by atoms with Crippen LogP contribution in [0.3, 0.4) is 0 Å². The third-order valence-electron chi connectivity index (χ3n) is 0.775. The van der Waals surface area contributed by atoms with Crippen LogP contribution in [0.2, 0.25) is 0 Å². The quantitative estimate of drug-likeness (QED) is 0.513. The molecule has 3 N–H and O–H groups in total. The van der Waals surface area contributed by atoms with Crippen LogP contribution in [0.25, 0.3) is 0 Å². The average Bonchev–Trinajstić information content (AvgIpc) is 1.66. The molecule has 0 aromatic heterocycles. The van der Waals surface area contributed by atoms with Gasteiger partial charge in [0.2, 0.25) is 0 Å². The number of hydrogen-bond donors (Lipinski definition) is 2. The number of nitrogens with zero attached hydrogens (tertiary/aromatic N) is 1. The fraction of sp³-hybridized carbons (Fsp3) is 0.800. The van der Waals surface area contributed by atoms with Crippen LogP contribution in [0.4, 0.5) is 0 Å². The van der Waals surface area contributed by atoms with Crippen molar-refractivity contribution >= 4 is 6.01 Å². The van der Waals surface area contributed by atoms with E-state index in [-0.39, 0.29) is 6.04 Å². The summed E-state index contributed by atoms with van der Waals surface area (Å²) in [7, 11) is 0. The largest absolute Gasteiger partial charge is 0.328 e. The van der Waals surface area contributed by atoms with Gasteiger partial charge in [0.15, 0.2) is 0 Å². The predicted molar refractivity (Wildman–Crippen MR) is 33.3 cm³/mol. The maximum absolute atomic E-state index is 6.39. The van der Waals surface area contributed by atoms with Crippen LogP contribution in [-0.4, -0.2) is 18.6 Å². The first-order valence-electron chi connectivity index (χ1n) is 2.61. The molecule has 46 valence electrons. The summed E-state index contributed by atoms with van der Waals surface area (Å²) < 4.78 is 0. The molecule has 3 heteroatoms. The van der Waals surface area contributed by atoms with Gasteiger partial charge in [0.1, 0.15) is 0 Å². The first kappa shape index (κ1) is 7.34. The summed E-state index contributed by atoms with van der Waals surface area (Å²) in [6.45, 7) is 2.54. The third-order valence-corrected chi connectivity index (χ3v) is 0.775. The Bertz CT molecular complexity index is 91.8. The Labute approximate surface area is 49.1 Å². The summed E-state index contributed by atoms with van der Waals surface area (Å²) >= 11 is 0. The molecule has 0 aliphatic heterocycles. The number of nitrogens with one attached hydrogen (secondary N) is 1. The van der Waals surface area contributed by atoms with Crippen molar-refractivity contribution in [3.05, 3.63) is 0 Å². The molecule has 0 heterocycles. The fourth-order valence-electron chi connectivity index (χ4n) is 0.324. The van der Waals surface area contributed by atoms with Crippen LogP contribution in [0.1, 0.15) is 13.3 Å². The van der Waals surface area contributed by atoms with Crippen LogP contribution in [-0.2, 0) is 0 Å². The van der Waals surface area contributed by atoms with Gasteiger partial charge in [-0.1, -0.05) is 0 Å². The summed E-state index contributed by atoms with van der Waals surface area (Å²) in [5.41, 5.74) is 5.38. The molecule has 3 nitrogen and oxygen atoms in total. The van der Waals surface area contributed by atoms with Gasteiger partial charge < -0.3 is 5.73 Å². The van der Waals surface area contributed by atoms with Crippen molar-refractivity contribution in [1.29, 1.82) is 5.41 Å². The van der Waals surface area contributed by atoms with Crippen LogP contribution < -0.4 is 5.73 Å². The van der Waals surface area contributed by atoms with E-state index in [1.807, 2.05) is 12.9 Å². The smallest absolute Gasteiger partial charge is 0.0861 e. The molecular weight excluding hydrogens is 102 g/mol. The second-order valence-electron chi connectivity index (χ2n) is 1.76. The zero-order chi connectivity index (χ0) is 6.41. The highest BCUT2D eigenvalue weighted by Gasteiger charge is 1.88. The number of aliphatic imine (C=N–C) groups is 1. The van der Waals surface area contributed by atoms with Crippen molar-refractivity contribution in [2.75, 3.05) is 6.54 Å². The van der Waals surface area contributed by atoms with Gasteiger partial charge in [-0.25, -0.2) is 10.4 Å². The van der Waals surface area contributed by atoms with Crippen molar-refractivity contribution in [3.8, 4) is 0 Å². The lowest BCUT2D eigenvalue weighted by Crippen LogP contribution is -2.15. The highest BCUT2D eigenvalue weighted by molar-refractivity contribution is 5.35. The van der Waals surface area contributed by atoms with E-state index in [1.165, 1.54) is 0 Å². The minimum absolute atomic E-state index is 0.187. The molecule has 0 aliphatic rings. The molecule has 0 aliphatic carbocycles. The molecule has 0 saturated heterocycles. The van der Waals surface area contributed by atoms with Crippen molar-refractivity contribution < 1.29 is 0 Å². The Morgan fingerprint density at radius 2 is 2.50 bits per heavy atom. The van der Waals surface area contributed by atoms with E-state index in [0.717, 1.165) is 6.42 Å². The van der Waals surface area contributed by atoms with E-state index < -0.39 is 0 Å². The number of rotatable bonds is 3. The second kappa shape index (κ2) is 4.50. The summed E-state index contributed by atoms with van der Waals surface area (Å²) in [4.78, 5) is 3.55. The summed E-state index contributed by atoms with van der Waals surface area (Å²) in [6.07, 6.45) is 0.839. The van der Waals surface area contributed by atoms with E-state index in [4.69, 9.17) is 11.1 Å². The zero-order valence-electron chi connectivity index (χ0n) is 5.02. The molecular formula is C5H11N3. The minimum Gasteiger partial charge on any atom is -0.328 e. The monoisotopic (exact) mass is 113 g/mol. The summed E-state index contributed by atoms with van der Waals surface area (Å²) in [6, 6.07) is 2.13. The predicted octanol–water partition coefficient (Wildman–Crippen LogP) is 0.476. The number of nitrogens with two attached hydrogens (primary N) is 1. The molecule has 0 spiro atoms. The number of hydrogen-bond acceptors (Lipinski definition) is 3. The van der Waals surface area contributed by atoms with Crippen molar-refractivity contribution in [2.45, 2.75) is 19.4 Å². The Balaban J connectivity index is 3.05. The van der Waals surface area contributed by atoms with Crippen LogP contribution in [0.5, 0.6) is 0 Å². The van der Waals surface area contributed by atoms with Gasteiger partial charge >= 0.3 is 0 Å². The Hall–Kier alpha value is -0.660. The van der Waals surface area contributed by atoms with Gasteiger partial charge in [0.25, 0.3) is 0 Å². The molecule has 0 rings (SSSR count). The molecule has 1 atom stereocenters. The average molecular weight is 113 g/mol. The topological polar surface area (TPSA) is 62.2 Å². The zero-order valence-corrected chi connectivity index (χ0v) is 5.02. The summed E-state index contributed by atoms with van der Waals surface area (Å²) in [5, 5.41) is 6.39. The van der Waals surface area contributed by atoms with E-state index in [9.17, 15) is 0 Å². The van der Waals surface area contributed by atoms with Crippen molar-refractivity contribution in [1.82, 2.24) is 0 Å². The van der Waals surface area contributed by atoms with E-state index >= 15 is 0 Å².